The molecule has 0 aliphatic rings. The number of ether oxygens (including phenoxy) is 2. The maximum atomic E-state index is 12.0. The summed E-state index contributed by atoms with van der Waals surface area (Å²) >= 11 is 0. The van der Waals surface area contributed by atoms with Crippen molar-refractivity contribution in [1.82, 2.24) is 0 Å². The Kier molecular flexibility index (Phi) is 6.89. The number of hydrogen-bond donors (Lipinski definition) is 1. The lowest BCUT2D eigenvalue weighted by molar-refractivity contribution is -0.119. The van der Waals surface area contributed by atoms with Crippen molar-refractivity contribution in [3.05, 3.63) is 65.2 Å². The molecule has 2 aromatic carbocycles. The van der Waals surface area contributed by atoms with E-state index in [9.17, 15) is 9.59 Å². The van der Waals surface area contributed by atoms with Crippen LogP contribution in [0.5, 0.6) is 0 Å². The molecule has 0 radical (unpaired) electrons. The zero-order valence-electron chi connectivity index (χ0n) is 14.7. The molecule has 6 heteroatoms. The smallest absolute Gasteiger partial charge is 0.338 e. The third-order valence-electron chi connectivity index (χ3n) is 3.41. The first kappa shape index (κ1) is 19.2. The summed E-state index contributed by atoms with van der Waals surface area (Å²) in [5, 5.41) is 11.3. The fourth-order valence-corrected chi connectivity index (χ4v) is 2.04. The third kappa shape index (κ3) is 6.04. The van der Waals surface area contributed by atoms with Crippen molar-refractivity contribution in [2.75, 3.05) is 11.9 Å². The molecule has 0 spiro atoms. The van der Waals surface area contributed by atoms with Gasteiger partial charge in [-0.1, -0.05) is 12.1 Å². The van der Waals surface area contributed by atoms with Crippen molar-refractivity contribution in [2.24, 2.45) is 0 Å². The van der Waals surface area contributed by atoms with Crippen LogP contribution in [0, 0.1) is 11.3 Å². The van der Waals surface area contributed by atoms with Crippen molar-refractivity contribution in [2.45, 2.75) is 26.6 Å². The van der Waals surface area contributed by atoms with Crippen LogP contribution in [0.25, 0.3) is 0 Å². The molecule has 6 nitrogen and oxygen atoms in total. The van der Waals surface area contributed by atoms with Crippen LogP contribution in [0.4, 0.5) is 5.69 Å². The second kappa shape index (κ2) is 9.35. The normalized spacial score (nSPS) is 10.2. The molecule has 0 saturated carbocycles. The maximum Gasteiger partial charge on any atom is 0.338 e. The number of benzene rings is 2. The number of nitrogens with one attached hydrogen (secondary N) is 1. The van der Waals surface area contributed by atoms with E-state index in [0.29, 0.717) is 23.4 Å². The SMILES string of the molecule is CC(C)OCc1ccc(C(=O)OCC(=O)Nc2ccc(C#N)cc2)cc1. The van der Waals surface area contributed by atoms with Gasteiger partial charge in [0.25, 0.3) is 5.91 Å². The van der Waals surface area contributed by atoms with Crippen molar-refractivity contribution in [3.63, 3.8) is 0 Å². The van der Waals surface area contributed by atoms with E-state index < -0.39 is 18.5 Å². The summed E-state index contributed by atoms with van der Waals surface area (Å²) in [6, 6.07) is 15.2. The first-order valence-corrected chi connectivity index (χ1v) is 8.15. The predicted molar refractivity (Wildman–Crippen MR) is 96.4 cm³/mol. The van der Waals surface area contributed by atoms with Gasteiger partial charge in [-0.2, -0.15) is 5.26 Å². The zero-order valence-corrected chi connectivity index (χ0v) is 14.7. The monoisotopic (exact) mass is 352 g/mol. The fourth-order valence-electron chi connectivity index (χ4n) is 2.04. The highest BCUT2D eigenvalue weighted by molar-refractivity contribution is 5.95. The lowest BCUT2D eigenvalue weighted by Crippen LogP contribution is -2.20. The zero-order chi connectivity index (χ0) is 18.9. The summed E-state index contributed by atoms with van der Waals surface area (Å²) in [5.74, 6) is -1.03. The number of nitriles is 1. The Bertz CT molecular complexity index is 790. The summed E-state index contributed by atoms with van der Waals surface area (Å²) in [6.45, 7) is 3.99. The highest BCUT2D eigenvalue weighted by atomic mass is 16.5. The highest BCUT2D eigenvalue weighted by Crippen LogP contribution is 2.10. The Morgan fingerprint density at radius 3 is 2.31 bits per heavy atom. The molecule has 0 heterocycles. The van der Waals surface area contributed by atoms with Crippen molar-refractivity contribution < 1.29 is 19.1 Å². The summed E-state index contributed by atoms with van der Waals surface area (Å²) in [5.41, 5.74) is 2.34. The Morgan fingerprint density at radius 1 is 1.08 bits per heavy atom. The van der Waals surface area contributed by atoms with E-state index in [0.717, 1.165) is 5.56 Å². The second-order valence-corrected chi connectivity index (χ2v) is 5.87. The van der Waals surface area contributed by atoms with Crippen LogP contribution in [-0.2, 0) is 20.9 Å². The van der Waals surface area contributed by atoms with Gasteiger partial charge in [-0.25, -0.2) is 4.79 Å². The van der Waals surface area contributed by atoms with Gasteiger partial charge in [-0.05, 0) is 55.8 Å². The van der Waals surface area contributed by atoms with Gasteiger partial charge in [-0.15, -0.1) is 0 Å². The third-order valence-corrected chi connectivity index (χ3v) is 3.41. The predicted octanol–water partition coefficient (Wildman–Crippen LogP) is 3.28. The number of anilines is 1. The van der Waals surface area contributed by atoms with Crippen LogP contribution in [-0.4, -0.2) is 24.6 Å². The molecule has 0 aromatic heterocycles. The lowest BCUT2D eigenvalue weighted by Gasteiger charge is -2.09. The number of rotatable bonds is 7. The van der Waals surface area contributed by atoms with Gasteiger partial charge in [0.15, 0.2) is 6.61 Å². The van der Waals surface area contributed by atoms with E-state index in [-0.39, 0.29) is 6.10 Å². The first-order chi connectivity index (χ1) is 12.5. The Hall–Kier alpha value is -3.17. The van der Waals surface area contributed by atoms with Gasteiger partial charge in [0.1, 0.15) is 0 Å². The Balaban J connectivity index is 1.81. The van der Waals surface area contributed by atoms with Crippen LogP contribution < -0.4 is 5.32 Å². The Morgan fingerprint density at radius 2 is 1.73 bits per heavy atom. The number of hydrogen-bond acceptors (Lipinski definition) is 5. The first-order valence-electron chi connectivity index (χ1n) is 8.15. The second-order valence-electron chi connectivity index (χ2n) is 5.87. The van der Waals surface area contributed by atoms with E-state index in [1.807, 2.05) is 19.9 Å². The van der Waals surface area contributed by atoms with Crippen LogP contribution in [0.15, 0.2) is 48.5 Å². The quantitative estimate of drug-likeness (QED) is 0.773. The standard InChI is InChI=1S/C20H20N2O4/c1-14(2)25-12-16-3-7-17(8-4-16)20(24)26-13-19(23)22-18-9-5-15(11-21)6-10-18/h3-10,14H,12-13H2,1-2H3,(H,22,23). The van der Waals surface area contributed by atoms with E-state index in [4.69, 9.17) is 14.7 Å². The van der Waals surface area contributed by atoms with Crippen LogP contribution in [0.1, 0.15) is 35.3 Å². The number of esters is 1. The molecule has 0 fully saturated rings. The molecule has 0 aliphatic carbocycles. The number of amides is 1. The summed E-state index contributed by atoms with van der Waals surface area (Å²) in [4.78, 5) is 23.8. The van der Waals surface area contributed by atoms with Crippen molar-refractivity contribution in [1.29, 1.82) is 5.26 Å². The highest BCUT2D eigenvalue weighted by Gasteiger charge is 2.10. The topological polar surface area (TPSA) is 88.4 Å². The minimum atomic E-state index is -0.573. The van der Waals surface area contributed by atoms with Gasteiger partial charge in [0, 0.05) is 5.69 Å². The van der Waals surface area contributed by atoms with Gasteiger partial charge in [0.05, 0.1) is 29.9 Å². The lowest BCUT2D eigenvalue weighted by atomic mass is 10.1. The molecule has 0 saturated heterocycles. The maximum absolute atomic E-state index is 12.0. The molecule has 2 rings (SSSR count). The molecule has 1 N–H and O–H groups in total. The molecule has 1 amide bonds. The van der Waals surface area contributed by atoms with Gasteiger partial charge >= 0.3 is 5.97 Å². The van der Waals surface area contributed by atoms with Gasteiger partial charge < -0.3 is 14.8 Å². The van der Waals surface area contributed by atoms with Crippen molar-refractivity contribution >= 4 is 17.6 Å². The molecule has 0 atom stereocenters. The number of carbonyl (C=O) groups excluding carboxylic acids is 2. The average molecular weight is 352 g/mol. The van der Waals surface area contributed by atoms with E-state index in [1.165, 1.54) is 0 Å². The van der Waals surface area contributed by atoms with Crippen molar-refractivity contribution in [3.8, 4) is 6.07 Å². The largest absolute Gasteiger partial charge is 0.452 e. The van der Waals surface area contributed by atoms with E-state index >= 15 is 0 Å². The van der Waals surface area contributed by atoms with E-state index in [1.54, 1.807) is 48.5 Å². The molecular weight excluding hydrogens is 332 g/mol. The summed E-state index contributed by atoms with van der Waals surface area (Å²) in [7, 11) is 0. The average Bonchev–Trinajstić information content (AvgIpc) is 2.65. The summed E-state index contributed by atoms with van der Waals surface area (Å²) < 4.78 is 10.5. The number of nitrogens with zero attached hydrogens (tertiary/aromatic N) is 1. The molecule has 0 unspecified atom stereocenters. The van der Waals surface area contributed by atoms with Gasteiger partial charge in [0.2, 0.25) is 0 Å². The van der Waals surface area contributed by atoms with Crippen LogP contribution in [0.3, 0.4) is 0 Å². The van der Waals surface area contributed by atoms with Gasteiger partial charge in [-0.3, -0.25) is 4.79 Å². The van der Waals surface area contributed by atoms with E-state index in [2.05, 4.69) is 5.32 Å². The van der Waals surface area contributed by atoms with Crippen LogP contribution >= 0.6 is 0 Å². The fraction of sp³-hybridized carbons (Fsp3) is 0.250. The molecular formula is C20H20N2O4. The molecule has 0 aliphatic heterocycles. The summed E-state index contributed by atoms with van der Waals surface area (Å²) in [6.07, 6.45) is 0.134. The molecule has 26 heavy (non-hydrogen) atoms. The van der Waals surface area contributed by atoms with Crippen LogP contribution in [0.2, 0.25) is 0 Å². The molecule has 134 valence electrons. The molecule has 2 aromatic rings. The molecule has 0 bridgehead atoms. The minimum absolute atomic E-state index is 0.134. The number of carbonyl (C=O) groups is 2. The Labute approximate surface area is 152 Å². The minimum Gasteiger partial charge on any atom is -0.452 e.